The van der Waals surface area contributed by atoms with Crippen LogP contribution in [0.4, 0.5) is 0 Å². The molecule has 1 aliphatic heterocycles. The lowest BCUT2D eigenvalue weighted by Crippen LogP contribution is -2.44. The zero-order chi connectivity index (χ0) is 11.2. The fourth-order valence-electron chi connectivity index (χ4n) is 1.95. The molecule has 2 atom stereocenters. The van der Waals surface area contributed by atoms with Gasteiger partial charge in [-0.2, -0.15) is 0 Å². The quantitative estimate of drug-likeness (QED) is 0.671. The molecule has 0 aromatic carbocycles. The number of hydrogen-bond donors (Lipinski definition) is 3. The number of ether oxygens (including phenoxy) is 1. The molecule has 0 spiro atoms. The lowest BCUT2D eigenvalue weighted by molar-refractivity contribution is 0.0711. The number of aromatic nitrogens is 2. The molecule has 0 radical (unpaired) electrons. The summed E-state index contributed by atoms with van der Waals surface area (Å²) < 4.78 is 5.42. The van der Waals surface area contributed by atoms with Gasteiger partial charge in [0.2, 0.25) is 0 Å². The first-order chi connectivity index (χ1) is 7.84. The van der Waals surface area contributed by atoms with Gasteiger partial charge >= 0.3 is 0 Å². The van der Waals surface area contributed by atoms with Gasteiger partial charge in [0.25, 0.3) is 0 Å². The van der Waals surface area contributed by atoms with Crippen LogP contribution < -0.4 is 10.6 Å². The first-order valence-corrected chi connectivity index (χ1v) is 5.87. The molecule has 1 saturated heterocycles. The van der Waals surface area contributed by atoms with Crippen molar-refractivity contribution in [3.05, 3.63) is 18.2 Å². The molecule has 0 saturated carbocycles. The molecule has 0 bridgehead atoms. The van der Waals surface area contributed by atoms with Crippen LogP contribution in [0, 0.1) is 0 Å². The van der Waals surface area contributed by atoms with Gasteiger partial charge in [0.15, 0.2) is 0 Å². The van der Waals surface area contributed by atoms with Crippen LogP contribution in [-0.2, 0) is 11.3 Å². The summed E-state index contributed by atoms with van der Waals surface area (Å²) in [5.41, 5.74) is 0. The van der Waals surface area contributed by atoms with E-state index in [1.807, 2.05) is 6.20 Å². The Morgan fingerprint density at radius 2 is 2.62 bits per heavy atom. The Balaban J connectivity index is 1.65. The Bertz CT molecular complexity index is 282. The van der Waals surface area contributed by atoms with Crippen molar-refractivity contribution in [2.24, 2.45) is 0 Å². The molecule has 0 aliphatic carbocycles. The highest BCUT2D eigenvalue weighted by Gasteiger charge is 2.15. The van der Waals surface area contributed by atoms with Crippen LogP contribution in [0.15, 0.2) is 12.4 Å². The summed E-state index contributed by atoms with van der Waals surface area (Å²) in [4.78, 5) is 7.26. The van der Waals surface area contributed by atoms with Crippen LogP contribution in [-0.4, -0.2) is 41.8 Å². The Morgan fingerprint density at radius 1 is 1.69 bits per heavy atom. The van der Waals surface area contributed by atoms with E-state index < -0.39 is 0 Å². The van der Waals surface area contributed by atoms with Crippen molar-refractivity contribution in [3.8, 4) is 0 Å². The molecule has 1 aliphatic rings. The highest BCUT2D eigenvalue weighted by molar-refractivity contribution is 4.87. The Kier molecular flexibility index (Phi) is 4.33. The summed E-state index contributed by atoms with van der Waals surface area (Å²) in [5.74, 6) is 0.986. The Morgan fingerprint density at radius 3 is 3.31 bits per heavy atom. The van der Waals surface area contributed by atoms with Gasteiger partial charge in [-0.25, -0.2) is 4.98 Å². The van der Waals surface area contributed by atoms with E-state index in [2.05, 4.69) is 27.5 Å². The van der Waals surface area contributed by atoms with E-state index in [1.165, 1.54) is 0 Å². The molecular formula is C11H20N4O. The molecule has 1 fully saturated rings. The maximum atomic E-state index is 5.42. The third-order valence-electron chi connectivity index (χ3n) is 2.81. The molecule has 5 nitrogen and oxygen atoms in total. The minimum absolute atomic E-state index is 0.462. The average molecular weight is 224 g/mol. The van der Waals surface area contributed by atoms with Crippen molar-refractivity contribution < 1.29 is 4.74 Å². The second-order valence-electron chi connectivity index (χ2n) is 4.28. The van der Waals surface area contributed by atoms with Gasteiger partial charge in [-0.3, -0.25) is 0 Å². The summed E-state index contributed by atoms with van der Waals surface area (Å²) in [6, 6.07) is 0.942. The molecule has 2 heterocycles. The monoisotopic (exact) mass is 224 g/mol. The predicted molar refractivity (Wildman–Crippen MR) is 62.1 cm³/mol. The smallest absolute Gasteiger partial charge is 0.120 e. The van der Waals surface area contributed by atoms with E-state index in [1.54, 1.807) is 6.20 Å². The van der Waals surface area contributed by atoms with Crippen LogP contribution in [0.5, 0.6) is 0 Å². The van der Waals surface area contributed by atoms with E-state index in [0.29, 0.717) is 12.1 Å². The Labute approximate surface area is 96.0 Å². The summed E-state index contributed by atoms with van der Waals surface area (Å²) >= 11 is 0. The average Bonchev–Trinajstić information content (AvgIpc) is 2.81. The van der Waals surface area contributed by atoms with Crippen LogP contribution >= 0.6 is 0 Å². The van der Waals surface area contributed by atoms with Gasteiger partial charge < -0.3 is 20.4 Å². The molecule has 5 heteroatoms. The summed E-state index contributed by atoms with van der Waals surface area (Å²) in [5, 5.41) is 6.90. The van der Waals surface area contributed by atoms with Gasteiger partial charge in [-0.15, -0.1) is 0 Å². The number of hydrogen-bond acceptors (Lipinski definition) is 4. The zero-order valence-corrected chi connectivity index (χ0v) is 9.70. The third kappa shape index (κ3) is 3.59. The number of H-pyrrole nitrogens is 1. The summed E-state index contributed by atoms with van der Waals surface area (Å²) in [6.45, 7) is 5.62. The molecule has 90 valence electrons. The highest BCUT2D eigenvalue weighted by atomic mass is 16.5. The van der Waals surface area contributed by atoms with Crippen molar-refractivity contribution in [2.45, 2.75) is 32.0 Å². The molecule has 16 heavy (non-hydrogen) atoms. The van der Waals surface area contributed by atoms with Gasteiger partial charge in [0, 0.05) is 31.0 Å². The number of imidazole rings is 1. The van der Waals surface area contributed by atoms with Gasteiger partial charge in [0.1, 0.15) is 5.82 Å². The summed E-state index contributed by atoms with van der Waals surface area (Å²) in [7, 11) is 0. The maximum absolute atomic E-state index is 5.42. The first-order valence-electron chi connectivity index (χ1n) is 5.87. The van der Waals surface area contributed by atoms with Crippen molar-refractivity contribution in [1.29, 1.82) is 0 Å². The fraction of sp³-hybridized carbons (Fsp3) is 0.727. The van der Waals surface area contributed by atoms with Crippen LogP contribution in [0.3, 0.4) is 0 Å². The lowest BCUT2D eigenvalue weighted by atomic mass is 10.1. The standard InChI is InChI=1S/C11H20N4O/c1-9(6-10-8-16-5-4-12-10)15-7-11-13-2-3-14-11/h2-3,9-10,12,15H,4-8H2,1H3,(H,13,14). The number of aromatic amines is 1. The van der Waals surface area contributed by atoms with E-state index in [4.69, 9.17) is 4.74 Å². The van der Waals surface area contributed by atoms with E-state index in [-0.39, 0.29) is 0 Å². The third-order valence-corrected chi connectivity index (χ3v) is 2.81. The van der Waals surface area contributed by atoms with E-state index >= 15 is 0 Å². The first kappa shape index (κ1) is 11.6. The van der Waals surface area contributed by atoms with Crippen LogP contribution in [0.1, 0.15) is 19.2 Å². The molecule has 1 aromatic heterocycles. The number of rotatable bonds is 5. The lowest BCUT2D eigenvalue weighted by Gasteiger charge is -2.26. The zero-order valence-electron chi connectivity index (χ0n) is 9.70. The molecule has 3 N–H and O–H groups in total. The van der Waals surface area contributed by atoms with Gasteiger partial charge in [-0.05, 0) is 13.3 Å². The van der Waals surface area contributed by atoms with Gasteiger partial charge in [0.05, 0.1) is 19.8 Å². The van der Waals surface area contributed by atoms with Crippen molar-refractivity contribution >= 4 is 0 Å². The van der Waals surface area contributed by atoms with E-state index in [9.17, 15) is 0 Å². The molecule has 2 unspecified atom stereocenters. The molecule has 0 amide bonds. The largest absolute Gasteiger partial charge is 0.379 e. The number of nitrogens with zero attached hydrogens (tertiary/aromatic N) is 1. The SMILES string of the molecule is CC(CC1COCCN1)NCc1ncc[nH]1. The highest BCUT2D eigenvalue weighted by Crippen LogP contribution is 2.03. The minimum Gasteiger partial charge on any atom is -0.379 e. The van der Waals surface area contributed by atoms with E-state index in [0.717, 1.165) is 38.5 Å². The second kappa shape index (κ2) is 5.98. The van der Waals surface area contributed by atoms with Crippen molar-refractivity contribution in [2.75, 3.05) is 19.8 Å². The molecule has 1 aromatic rings. The number of nitrogens with one attached hydrogen (secondary N) is 3. The summed E-state index contributed by atoms with van der Waals surface area (Å²) in [6.07, 6.45) is 4.71. The minimum atomic E-state index is 0.462. The van der Waals surface area contributed by atoms with Crippen molar-refractivity contribution in [1.82, 2.24) is 20.6 Å². The molecule has 2 rings (SSSR count). The van der Waals surface area contributed by atoms with Crippen LogP contribution in [0.2, 0.25) is 0 Å². The fourth-order valence-corrected chi connectivity index (χ4v) is 1.95. The van der Waals surface area contributed by atoms with Crippen LogP contribution in [0.25, 0.3) is 0 Å². The second-order valence-corrected chi connectivity index (χ2v) is 4.28. The van der Waals surface area contributed by atoms with Crippen molar-refractivity contribution in [3.63, 3.8) is 0 Å². The maximum Gasteiger partial charge on any atom is 0.120 e. The van der Waals surface area contributed by atoms with Gasteiger partial charge in [-0.1, -0.05) is 0 Å². The number of morpholine rings is 1. The topological polar surface area (TPSA) is 62.0 Å². The molecular weight excluding hydrogens is 204 g/mol. The Hall–Kier alpha value is -0.910. The predicted octanol–water partition coefficient (Wildman–Crippen LogP) is 0.266. The normalized spacial score (nSPS) is 23.2.